The molecule has 0 bridgehead atoms. The van der Waals surface area contributed by atoms with Gasteiger partial charge in [0.1, 0.15) is 10.7 Å². The molecule has 0 aliphatic rings. The number of rotatable bonds is 3. The molecule has 1 aromatic carbocycles. The van der Waals surface area contributed by atoms with Crippen LogP contribution in [0.5, 0.6) is 0 Å². The van der Waals surface area contributed by atoms with Crippen LogP contribution >= 0.6 is 45.9 Å². The number of carbonyl (C=O) groups is 2. The molecule has 122 valence electrons. The molecule has 0 saturated heterocycles. The molecular formula is C15H9Cl2N3O2S2. The van der Waals surface area contributed by atoms with E-state index in [-0.39, 0.29) is 16.3 Å². The quantitative estimate of drug-likeness (QED) is 0.648. The van der Waals surface area contributed by atoms with Crippen LogP contribution in [0.1, 0.15) is 20.8 Å². The minimum absolute atomic E-state index is 0.169. The average Bonchev–Trinajstić information content (AvgIpc) is 3.25. The average molecular weight is 398 g/mol. The fourth-order valence-corrected chi connectivity index (χ4v) is 3.80. The van der Waals surface area contributed by atoms with E-state index in [1.807, 2.05) is 17.5 Å². The van der Waals surface area contributed by atoms with E-state index in [1.165, 1.54) is 34.8 Å². The van der Waals surface area contributed by atoms with Gasteiger partial charge in [0.25, 0.3) is 11.8 Å². The van der Waals surface area contributed by atoms with E-state index in [1.54, 1.807) is 11.4 Å². The van der Waals surface area contributed by atoms with Crippen molar-refractivity contribution in [2.75, 3.05) is 0 Å². The smallest absolute Gasteiger partial charge is 0.267 e. The Labute approximate surface area is 155 Å². The lowest BCUT2D eigenvalue weighted by molar-refractivity contribution is 0.0844. The number of benzene rings is 1. The van der Waals surface area contributed by atoms with Crippen molar-refractivity contribution in [3.8, 4) is 9.88 Å². The van der Waals surface area contributed by atoms with Crippen molar-refractivity contribution < 1.29 is 9.59 Å². The van der Waals surface area contributed by atoms with Crippen molar-refractivity contribution >= 4 is 57.7 Å². The zero-order valence-electron chi connectivity index (χ0n) is 11.9. The standard InChI is InChI=1S/C15H9Cl2N3O2S2/c16-8-3-4-10(17)9(6-8)13(21)19-20-14(22)11-7-24-15(18-11)12-2-1-5-23-12/h1-7H,(H,19,21)(H,20,22). The predicted octanol–water partition coefficient (Wildman–Crippen LogP) is 4.25. The SMILES string of the molecule is O=C(NNC(=O)c1cc(Cl)ccc1Cl)c1csc(-c2cccs2)n1. The van der Waals surface area contributed by atoms with Gasteiger partial charge in [-0.1, -0.05) is 29.3 Å². The second-order valence-corrected chi connectivity index (χ2v) is 7.20. The molecule has 0 spiro atoms. The van der Waals surface area contributed by atoms with Crippen LogP contribution < -0.4 is 10.9 Å². The second kappa shape index (κ2) is 7.31. The van der Waals surface area contributed by atoms with Crippen LogP contribution in [0.25, 0.3) is 9.88 Å². The number of thiazole rings is 1. The van der Waals surface area contributed by atoms with Gasteiger partial charge in [0.05, 0.1) is 15.5 Å². The Morgan fingerprint density at radius 3 is 2.58 bits per heavy atom. The van der Waals surface area contributed by atoms with Crippen molar-refractivity contribution in [2.24, 2.45) is 0 Å². The first-order valence-electron chi connectivity index (χ1n) is 6.60. The molecule has 2 amide bonds. The van der Waals surface area contributed by atoms with Crippen LogP contribution in [0.4, 0.5) is 0 Å². The molecule has 9 heteroatoms. The van der Waals surface area contributed by atoms with Crippen molar-refractivity contribution in [3.63, 3.8) is 0 Å². The highest BCUT2D eigenvalue weighted by atomic mass is 35.5. The van der Waals surface area contributed by atoms with Gasteiger partial charge in [-0.3, -0.25) is 20.4 Å². The number of halogens is 2. The molecule has 0 saturated carbocycles. The molecule has 0 aliphatic carbocycles. The number of nitrogens with zero attached hydrogens (tertiary/aromatic N) is 1. The van der Waals surface area contributed by atoms with Crippen molar-refractivity contribution in [3.05, 3.63) is 62.4 Å². The van der Waals surface area contributed by atoms with Crippen LogP contribution in [0.15, 0.2) is 41.1 Å². The molecule has 2 N–H and O–H groups in total. The maximum absolute atomic E-state index is 12.1. The number of nitrogens with one attached hydrogen (secondary N) is 2. The molecule has 0 aliphatic heterocycles. The van der Waals surface area contributed by atoms with E-state index in [0.29, 0.717) is 5.02 Å². The third-order valence-electron chi connectivity index (χ3n) is 2.93. The summed E-state index contributed by atoms with van der Waals surface area (Å²) in [4.78, 5) is 29.4. The number of amides is 2. The maximum atomic E-state index is 12.1. The first-order chi connectivity index (χ1) is 11.5. The van der Waals surface area contributed by atoms with E-state index in [0.717, 1.165) is 9.88 Å². The van der Waals surface area contributed by atoms with E-state index in [4.69, 9.17) is 23.2 Å². The first-order valence-corrected chi connectivity index (χ1v) is 9.11. The van der Waals surface area contributed by atoms with E-state index < -0.39 is 11.8 Å². The molecule has 0 radical (unpaired) electrons. The Morgan fingerprint density at radius 2 is 1.83 bits per heavy atom. The summed E-state index contributed by atoms with van der Waals surface area (Å²) in [7, 11) is 0. The fourth-order valence-electron chi connectivity index (χ4n) is 1.81. The lowest BCUT2D eigenvalue weighted by atomic mass is 10.2. The van der Waals surface area contributed by atoms with Gasteiger partial charge in [0.2, 0.25) is 0 Å². The molecule has 2 heterocycles. The van der Waals surface area contributed by atoms with E-state index >= 15 is 0 Å². The Morgan fingerprint density at radius 1 is 1.04 bits per heavy atom. The normalized spacial score (nSPS) is 10.4. The number of hydrazine groups is 1. The number of hydrogen-bond acceptors (Lipinski definition) is 5. The molecule has 3 aromatic rings. The maximum Gasteiger partial charge on any atom is 0.289 e. The van der Waals surface area contributed by atoms with Gasteiger partial charge < -0.3 is 0 Å². The molecule has 2 aromatic heterocycles. The first kappa shape index (κ1) is 16.9. The van der Waals surface area contributed by atoms with Gasteiger partial charge in [-0.2, -0.15) is 0 Å². The number of thiophene rings is 1. The van der Waals surface area contributed by atoms with Gasteiger partial charge in [0, 0.05) is 10.4 Å². The summed E-state index contributed by atoms with van der Waals surface area (Å²) in [6.45, 7) is 0. The van der Waals surface area contributed by atoms with Crippen LogP contribution in [0, 0.1) is 0 Å². The third kappa shape index (κ3) is 3.76. The molecular weight excluding hydrogens is 389 g/mol. The molecule has 5 nitrogen and oxygen atoms in total. The van der Waals surface area contributed by atoms with Crippen molar-refractivity contribution in [1.82, 2.24) is 15.8 Å². The molecule has 0 atom stereocenters. The minimum atomic E-state index is -0.565. The molecule has 0 fully saturated rings. The summed E-state index contributed by atoms with van der Waals surface area (Å²) in [6.07, 6.45) is 0. The lowest BCUT2D eigenvalue weighted by Crippen LogP contribution is -2.41. The highest BCUT2D eigenvalue weighted by molar-refractivity contribution is 7.20. The summed E-state index contributed by atoms with van der Waals surface area (Å²) in [5, 5.41) is 4.92. The minimum Gasteiger partial charge on any atom is -0.267 e. The number of aromatic nitrogens is 1. The highest BCUT2D eigenvalue weighted by Gasteiger charge is 2.15. The van der Waals surface area contributed by atoms with E-state index in [9.17, 15) is 9.59 Å². The molecule has 0 unspecified atom stereocenters. The van der Waals surface area contributed by atoms with Gasteiger partial charge in [-0.15, -0.1) is 22.7 Å². The lowest BCUT2D eigenvalue weighted by Gasteiger charge is -2.07. The van der Waals surface area contributed by atoms with Crippen LogP contribution in [-0.4, -0.2) is 16.8 Å². The largest absolute Gasteiger partial charge is 0.289 e. The van der Waals surface area contributed by atoms with Gasteiger partial charge in [0.15, 0.2) is 0 Å². The van der Waals surface area contributed by atoms with Crippen molar-refractivity contribution in [2.45, 2.75) is 0 Å². The Balaban J connectivity index is 1.65. The Kier molecular flexibility index (Phi) is 5.15. The predicted molar refractivity (Wildman–Crippen MR) is 96.8 cm³/mol. The summed E-state index contributed by atoms with van der Waals surface area (Å²) in [5.41, 5.74) is 5.00. The number of hydrogen-bond donors (Lipinski definition) is 2. The number of carbonyl (C=O) groups excluding carboxylic acids is 2. The molecule has 24 heavy (non-hydrogen) atoms. The zero-order valence-corrected chi connectivity index (χ0v) is 15.0. The van der Waals surface area contributed by atoms with Gasteiger partial charge >= 0.3 is 0 Å². The highest BCUT2D eigenvalue weighted by Crippen LogP contribution is 2.27. The summed E-state index contributed by atoms with van der Waals surface area (Å²) < 4.78 is 0. The van der Waals surface area contributed by atoms with Gasteiger partial charge in [-0.05, 0) is 29.6 Å². The van der Waals surface area contributed by atoms with Gasteiger partial charge in [-0.25, -0.2) is 4.98 Å². The molecule has 3 rings (SSSR count). The Hall–Kier alpha value is -1.93. The topological polar surface area (TPSA) is 71.1 Å². The fraction of sp³-hybridized carbons (Fsp3) is 0. The van der Waals surface area contributed by atoms with E-state index in [2.05, 4.69) is 15.8 Å². The van der Waals surface area contributed by atoms with Crippen LogP contribution in [0.3, 0.4) is 0 Å². The zero-order chi connectivity index (χ0) is 17.1. The Bertz CT molecular complexity index is 894. The monoisotopic (exact) mass is 397 g/mol. The van der Waals surface area contributed by atoms with Crippen LogP contribution in [0.2, 0.25) is 10.0 Å². The third-order valence-corrected chi connectivity index (χ3v) is 5.38. The summed E-state index contributed by atoms with van der Waals surface area (Å²) >= 11 is 14.7. The van der Waals surface area contributed by atoms with Crippen LogP contribution in [-0.2, 0) is 0 Å². The summed E-state index contributed by atoms with van der Waals surface area (Å²) in [5.74, 6) is -1.08. The summed E-state index contributed by atoms with van der Waals surface area (Å²) in [6, 6.07) is 8.34. The van der Waals surface area contributed by atoms with Crippen molar-refractivity contribution in [1.29, 1.82) is 0 Å². The second-order valence-electron chi connectivity index (χ2n) is 4.55.